The van der Waals surface area contributed by atoms with Crippen molar-refractivity contribution < 1.29 is 14.6 Å². The lowest BCUT2D eigenvalue weighted by Crippen LogP contribution is -2.40. The van der Waals surface area contributed by atoms with Crippen molar-refractivity contribution in [1.29, 1.82) is 0 Å². The van der Waals surface area contributed by atoms with E-state index in [4.69, 9.17) is 0 Å². The van der Waals surface area contributed by atoms with E-state index in [1.807, 2.05) is 4.57 Å². The first-order valence-corrected chi connectivity index (χ1v) is 5.88. The first-order chi connectivity index (χ1) is 8.04. The maximum atomic E-state index is 11.4. The molecule has 0 amide bonds. The molecule has 0 aliphatic heterocycles. The van der Waals surface area contributed by atoms with Crippen molar-refractivity contribution in [3.63, 3.8) is 0 Å². The van der Waals surface area contributed by atoms with Gasteiger partial charge in [0, 0.05) is 5.69 Å². The highest BCUT2D eigenvalue weighted by Gasteiger charge is 2.33. The molecule has 0 saturated carbocycles. The number of carbonyl (C=O) groups is 1. The Balaban J connectivity index is 2.19. The highest BCUT2D eigenvalue weighted by molar-refractivity contribution is 5.78. The van der Waals surface area contributed by atoms with Crippen LogP contribution in [0.15, 0.2) is 6.33 Å². The first kappa shape index (κ1) is 12.1. The largest absolute Gasteiger partial charge is 0.467 e. The summed E-state index contributed by atoms with van der Waals surface area (Å²) in [6.45, 7) is 1.66. The molecule has 5 heteroatoms. The molecule has 0 aromatic carbocycles. The zero-order valence-corrected chi connectivity index (χ0v) is 10.3. The Bertz CT molecular complexity index is 423. The van der Waals surface area contributed by atoms with Gasteiger partial charge in [0.2, 0.25) is 0 Å². The number of aromatic nitrogens is 2. The summed E-state index contributed by atoms with van der Waals surface area (Å²) in [7, 11) is 1.28. The number of methoxy groups -OCH3 is 1. The predicted octanol–water partition coefficient (Wildman–Crippen LogP) is 0.686. The number of ether oxygens (including phenoxy) is 1. The van der Waals surface area contributed by atoms with E-state index < -0.39 is 11.6 Å². The molecule has 2 rings (SSSR count). The highest BCUT2D eigenvalue weighted by Crippen LogP contribution is 2.21. The van der Waals surface area contributed by atoms with Crippen molar-refractivity contribution in [3.05, 3.63) is 17.7 Å². The average Bonchev–Trinajstić information content (AvgIpc) is 2.71. The molecule has 1 aliphatic rings. The normalized spacial score (nSPS) is 18.3. The summed E-state index contributed by atoms with van der Waals surface area (Å²) >= 11 is 0. The summed E-state index contributed by atoms with van der Waals surface area (Å²) in [6.07, 6.45) is 5.96. The summed E-state index contributed by atoms with van der Waals surface area (Å²) in [5.41, 5.74) is 0.734. The maximum absolute atomic E-state index is 11.4. The van der Waals surface area contributed by atoms with Crippen molar-refractivity contribution >= 4 is 5.97 Å². The van der Waals surface area contributed by atoms with Crippen LogP contribution in [0.5, 0.6) is 0 Å². The van der Waals surface area contributed by atoms with Gasteiger partial charge >= 0.3 is 5.97 Å². The molecule has 1 heterocycles. The third-order valence-electron chi connectivity index (χ3n) is 3.21. The maximum Gasteiger partial charge on any atom is 0.339 e. The van der Waals surface area contributed by atoms with E-state index in [0.717, 1.165) is 37.1 Å². The zero-order chi connectivity index (χ0) is 12.5. The van der Waals surface area contributed by atoms with E-state index in [2.05, 4.69) is 9.72 Å². The van der Waals surface area contributed by atoms with Crippen molar-refractivity contribution in [2.45, 2.75) is 44.8 Å². The third kappa shape index (κ3) is 2.34. The van der Waals surface area contributed by atoms with Gasteiger partial charge in [0.15, 0.2) is 5.60 Å². The lowest BCUT2D eigenvalue weighted by molar-refractivity contribution is -0.161. The first-order valence-electron chi connectivity index (χ1n) is 5.88. The van der Waals surface area contributed by atoms with Crippen LogP contribution in [0.25, 0.3) is 0 Å². The number of carbonyl (C=O) groups excluding carboxylic acids is 1. The summed E-state index contributed by atoms with van der Waals surface area (Å²) in [6, 6.07) is 0. The molecule has 5 nitrogen and oxygen atoms in total. The minimum Gasteiger partial charge on any atom is -0.467 e. The van der Waals surface area contributed by atoms with Crippen LogP contribution in [-0.2, 0) is 28.9 Å². The number of imidazole rings is 1. The fraction of sp³-hybridized carbons (Fsp3) is 0.667. The molecule has 1 aromatic rings. The second-order valence-corrected chi connectivity index (χ2v) is 4.74. The smallest absolute Gasteiger partial charge is 0.339 e. The molecule has 0 fully saturated rings. The zero-order valence-electron chi connectivity index (χ0n) is 10.3. The molecule has 1 aliphatic carbocycles. The molecule has 0 spiro atoms. The number of hydrogen-bond donors (Lipinski definition) is 1. The van der Waals surface area contributed by atoms with Crippen LogP contribution in [-0.4, -0.2) is 33.3 Å². The monoisotopic (exact) mass is 238 g/mol. The standard InChI is InChI=1S/C12H18N2O3/c1-12(16,11(15)17-2)7-14-8-13-9-5-3-4-6-10(9)14/h8,16H,3-7H2,1-2H3. The number of aryl methyl sites for hydroxylation is 1. The SMILES string of the molecule is COC(=O)C(C)(O)Cn1cnc2c1CCCC2. The Kier molecular flexibility index (Phi) is 3.19. The van der Waals surface area contributed by atoms with E-state index in [9.17, 15) is 9.90 Å². The fourth-order valence-electron chi connectivity index (χ4n) is 2.28. The topological polar surface area (TPSA) is 64.3 Å². The van der Waals surface area contributed by atoms with Crippen molar-refractivity contribution in [2.24, 2.45) is 0 Å². The summed E-state index contributed by atoms with van der Waals surface area (Å²) in [4.78, 5) is 15.7. The third-order valence-corrected chi connectivity index (χ3v) is 3.21. The van der Waals surface area contributed by atoms with E-state index in [1.54, 1.807) is 6.33 Å². The van der Waals surface area contributed by atoms with Gasteiger partial charge in [0.05, 0.1) is 25.7 Å². The Labute approximate surface area is 100 Å². The average molecular weight is 238 g/mol. The number of fused-ring (bicyclic) bond motifs is 1. The Morgan fingerprint density at radius 3 is 3.00 bits per heavy atom. The number of aliphatic hydroxyl groups is 1. The second-order valence-electron chi connectivity index (χ2n) is 4.74. The number of nitrogens with zero attached hydrogens (tertiary/aromatic N) is 2. The van der Waals surface area contributed by atoms with Crippen LogP contribution in [0.1, 0.15) is 31.2 Å². The van der Waals surface area contributed by atoms with Gasteiger partial charge in [-0.05, 0) is 32.6 Å². The lowest BCUT2D eigenvalue weighted by atomic mass is 10.0. The Morgan fingerprint density at radius 2 is 2.29 bits per heavy atom. The minimum atomic E-state index is -1.50. The van der Waals surface area contributed by atoms with E-state index in [0.29, 0.717) is 0 Å². The summed E-state index contributed by atoms with van der Waals surface area (Å²) in [5, 5.41) is 10.0. The summed E-state index contributed by atoms with van der Waals surface area (Å²) in [5.74, 6) is -0.615. The van der Waals surface area contributed by atoms with Crippen LogP contribution < -0.4 is 0 Å². The van der Waals surface area contributed by atoms with Crippen molar-refractivity contribution in [2.75, 3.05) is 7.11 Å². The molecule has 1 atom stereocenters. The molecule has 1 aromatic heterocycles. The van der Waals surface area contributed by atoms with Gasteiger partial charge in [-0.2, -0.15) is 0 Å². The molecular formula is C12H18N2O3. The van der Waals surface area contributed by atoms with Crippen LogP contribution in [0.3, 0.4) is 0 Å². The van der Waals surface area contributed by atoms with Crippen LogP contribution in [0.2, 0.25) is 0 Å². The van der Waals surface area contributed by atoms with Crippen LogP contribution in [0.4, 0.5) is 0 Å². The van der Waals surface area contributed by atoms with Crippen LogP contribution >= 0.6 is 0 Å². The molecule has 1 N–H and O–H groups in total. The Hall–Kier alpha value is -1.36. The predicted molar refractivity (Wildman–Crippen MR) is 61.5 cm³/mol. The van der Waals surface area contributed by atoms with E-state index in [1.165, 1.54) is 14.0 Å². The highest BCUT2D eigenvalue weighted by atomic mass is 16.5. The molecule has 0 bridgehead atoms. The van der Waals surface area contributed by atoms with Gasteiger partial charge in [-0.3, -0.25) is 0 Å². The minimum absolute atomic E-state index is 0.196. The number of esters is 1. The molecule has 0 saturated heterocycles. The quantitative estimate of drug-likeness (QED) is 0.787. The number of hydrogen-bond acceptors (Lipinski definition) is 4. The van der Waals surface area contributed by atoms with Gasteiger partial charge in [0.25, 0.3) is 0 Å². The molecular weight excluding hydrogens is 220 g/mol. The summed E-state index contributed by atoms with van der Waals surface area (Å²) < 4.78 is 6.45. The second kappa shape index (κ2) is 4.49. The van der Waals surface area contributed by atoms with Gasteiger partial charge in [-0.1, -0.05) is 0 Å². The number of rotatable bonds is 3. The Morgan fingerprint density at radius 1 is 1.59 bits per heavy atom. The fourth-order valence-corrected chi connectivity index (χ4v) is 2.28. The lowest BCUT2D eigenvalue weighted by Gasteiger charge is -2.22. The van der Waals surface area contributed by atoms with Gasteiger partial charge in [-0.25, -0.2) is 9.78 Å². The van der Waals surface area contributed by atoms with E-state index in [-0.39, 0.29) is 6.54 Å². The van der Waals surface area contributed by atoms with Crippen LogP contribution in [0, 0.1) is 0 Å². The van der Waals surface area contributed by atoms with Crippen molar-refractivity contribution in [3.8, 4) is 0 Å². The van der Waals surface area contributed by atoms with Crippen molar-refractivity contribution in [1.82, 2.24) is 9.55 Å². The van der Waals surface area contributed by atoms with E-state index >= 15 is 0 Å². The molecule has 17 heavy (non-hydrogen) atoms. The molecule has 1 unspecified atom stereocenters. The van der Waals surface area contributed by atoms with Gasteiger partial charge in [0.1, 0.15) is 0 Å². The van der Waals surface area contributed by atoms with Gasteiger partial charge in [-0.15, -0.1) is 0 Å². The molecule has 0 radical (unpaired) electrons. The molecule has 94 valence electrons. The van der Waals surface area contributed by atoms with Gasteiger partial charge < -0.3 is 14.4 Å².